The lowest BCUT2D eigenvalue weighted by atomic mass is 10.1. The molecule has 2 aromatic rings. The van der Waals surface area contributed by atoms with Crippen LogP contribution in [0.25, 0.3) is 0 Å². The lowest BCUT2D eigenvalue weighted by Crippen LogP contribution is -2.50. The van der Waals surface area contributed by atoms with E-state index < -0.39 is 0 Å². The van der Waals surface area contributed by atoms with E-state index >= 15 is 0 Å². The number of urea groups is 1. The summed E-state index contributed by atoms with van der Waals surface area (Å²) < 4.78 is 0. The largest absolute Gasteiger partial charge is 0.353 e. The monoisotopic (exact) mass is 442 g/mol. The molecule has 1 saturated carbocycles. The van der Waals surface area contributed by atoms with Crippen molar-refractivity contribution in [2.24, 2.45) is 0 Å². The highest BCUT2D eigenvalue weighted by Crippen LogP contribution is 2.19. The zero-order valence-corrected chi connectivity index (χ0v) is 18.6. The van der Waals surface area contributed by atoms with Gasteiger partial charge in [-0.15, -0.1) is 11.3 Å². The van der Waals surface area contributed by atoms with Crippen molar-refractivity contribution in [1.29, 1.82) is 0 Å². The van der Waals surface area contributed by atoms with Crippen LogP contribution in [0.3, 0.4) is 0 Å². The molecule has 0 bridgehead atoms. The molecule has 9 heteroatoms. The molecule has 1 aliphatic carbocycles. The van der Waals surface area contributed by atoms with Crippen LogP contribution in [0.2, 0.25) is 0 Å². The van der Waals surface area contributed by atoms with Crippen LogP contribution in [0.1, 0.15) is 44.2 Å². The van der Waals surface area contributed by atoms with Crippen LogP contribution in [0.15, 0.2) is 29.8 Å². The van der Waals surface area contributed by atoms with Crippen LogP contribution in [-0.4, -0.2) is 59.0 Å². The summed E-state index contributed by atoms with van der Waals surface area (Å²) in [4.78, 5) is 37.8. The van der Waals surface area contributed by atoms with Gasteiger partial charge in [-0.05, 0) is 25.0 Å². The van der Waals surface area contributed by atoms with Crippen molar-refractivity contribution in [3.8, 4) is 0 Å². The van der Waals surface area contributed by atoms with Gasteiger partial charge >= 0.3 is 6.03 Å². The number of nitrogens with one attached hydrogen (secondary N) is 2. The summed E-state index contributed by atoms with van der Waals surface area (Å²) in [7, 11) is 0. The molecule has 166 valence electrons. The number of aromatic nitrogens is 2. The molecule has 2 aromatic heterocycles. The first-order valence-electron chi connectivity index (χ1n) is 11.1. The number of pyridine rings is 1. The van der Waals surface area contributed by atoms with Crippen LogP contribution in [-0.2, 0) is 11.2 Å². The topological polar surface area (TPSA) is 90.5 Å². The molecule has 2 aliphatic rings. The molecule has 3 amide bonds. The van der Waals surface area contributed by atoms with Gasteiger partial charge in [-0.25, -0.2) is 14.8 Å². The molecule has 1 saturated heterocycles. The maximum atomic E-state index is 12.6. The van der Waals surface area contributed by atoms with Gasteiger partial charge in [0.1, 0.15) is 5.82 Å². The Bertz CT molecular complexity index is 858. The molecule has 0 atom stereocenters. The fourth-order valence-corrected chi connectivity index (χ4v) is 4.86. The van der Waals surface area contributed by atoms with E-state index in [-0.39, 0.29) is 24.4 Å². The first kappa shape index (κ1) is 21.5. The summed E-state index contributed by atoms with van der Waals surface area (Å²) in [5.74, 6) is 0.954. The van der Waals surface area contributed by atoms with Gasteiger partial charge in [0.05, 0.1) is 12.1 Å². The quantitative estimate of drug-likeness (QED) is 0.694. The Hall–Kier alpha value is -2.68. The number of piperazine rings is 1. The molecule has 2 N–H and O–H groups in total. The second-order valence-corrected chi connectivity index (χ2v) is 9.03. The lowest BCUT2D eigenvalue weighted by Gasteiger charge is -2.35. The van der Waals surface area contributed by atoms with E-state index in [1.54, 1.807) is 11.1 Å². The molecule has 4 rings (SSSR count). The Morgan fingerprint density at radius 3 is 2.55 bits per heavy atom. The zero-order valence-electron chi connectivity index (χ0n) is 17.8. The SMILES string of the molecule is O=C(Cc1csc(NC(=O)N2CCN(c3ccccn3)CC2)n1)NC1CCCCCC1. The van der Waals surface area contributed by atoms with E-state index in [2.05, 4.69) is 25.5 Å². The number of rotatable bonds is 5. The van der Waals surface area contributed by atoms with Gasteiger partial charge in [-0.3, -0.25) is 10.1 Å². The van der Waals surface area contributed by atoms with Crippen molar-refractivity contribution < 1.29 is 9.59 Å². The van der Waals surface area contributed by atoms with E-state index in [9.17, 15) is 9.59 Å². The molecule has 3 heterocycles. The third-order valence-corrected chi connectivity index (χ3v) is 6.67. The summed E-state index contributed by atoms with van der Waals surface area (Å²) >= 11 is 1.36. The van der Waals surface area contributed by atoms with Crippen LogP contribution in [0, 0.1) is 0 Å². The number of hydrogen-bond donors (Lipinski definition) is 2. The third kappa shape index (κ3) is 6.16. The van der Waals surface area contributed by atoms with Crippen molar-refractivity contribution >= 4 is 34.2 Å². The second-order valence-electron chi connectivity index (χ2n) is 8.17. The molecule has 0 spiro atoms. The normalized spacial score (nSPS) is 17.8. The van der Waals surface area contributed by atoms with Crippen LogP contribution in [0.4, 0.5) is 15.7 Å². The van der Waals surface area contributed by atoms with Crippen LogP contribution < -0.4 is 15.5 Å². The maximum absolute atomic E-state index is 12.6. The molecular weight excluding hydrogens is 412 g/mol. The van der Waals surface area contributed by atoms with Crippen molar-refractivity contribution in [3.05, 3.63) is 35.5 Å². The number of carbonyl (C=O) groups excluding carboxylic acids is 2. The van der Waals surface area contributed by atoms with Gasteiger partial charge < -0.3 is 15.1 Å². The summed E-state index contributed by atoms with van der Waals surface area (Å²) in [5, 5.41) is 8.41. The Labute approximate surface area is 187 Å². The summed E-state index contributed by atoms with van der Waals surface area (Å²) in [6.07, 6.45) is 9.08. The highest BCUT2D eigenvalue weighted by molar-refractivity contribution is 7.13. The second kappa shape index (κ2) is 10.6. The average Bonchev–Trinajstić information content (AvgIpc) is 3.06. The summed E-state index contributed by atoms with van der Waals surface area (Å²) in [6, 6.07) is 6.00. The molecule has 0 unspecified atom stereocenters. The standard InChI is InChI=1S/C22H30N6O2S/c29-20(24-17-7-3-1-2-4-8-17)15-18-16-31-21(25-18)26-22(30)28-13-11-27(12-14-28)19-9-5-6-10-23-19/h5-6,9-10,16-17H,1-4,7-8,11-15H2,(H,24,29)(H,25,26,30). The van der Waals surface area contributed by atoms with Crippen molar-refractivity contribution in [1.82, 2.24) is 20.2 Å². The van der Waals surface area contributed by atoms with Gasteiger partial charge in [0.2, 0.25) is 5.91 Å². The predicted molar refractivity (Wildman–Crippen MR) is 122 cm³/mol. The first-order valence-corrected chi connectivity index (χ1v) is 12.0. The number of amides is 3. The van der Waals surface area contributed by atoms with Crippen LogP contribution in [0.5, 0.6) is 0 Å². The molecule has 31 heavy (non-hydrogen) atoms. The fourth-order valence-electron chi connectivity index (χ4n) is 4.16. The Morgan fingerprint density at radius 1 is 1.06 bits per heavy atom. The van der Waals surface area contributed by atoms with E-state index in [0.29, 0.717) is 23.9 Å². The maximum Gasteiger partial charge on any atom is 0.323 e. The Kier molecular flexibility index (Phi) is 7.35. The van der Waals surface area contributed by atoms with Crippen molar-refractivity contribution in [2.45, 2.75) is 51.0 Å². The Balaban J connectivity index is 1.22. The number of carbonyl (C=O) groups is 2. The smallest absolute Gasteiger partial charge is 0.323 e. The first-order chi connectivity index (χ1) is 15.2. The van der Waals surface area contributed by atoms with Gasteiger partial charge in [0, 0.05) is 43.8 Å². The fraction of sp³-hybridized carbons (Fsp3) is 0.545. The summed E-state index contributed by atoms with van der Waals surface area (Å²) in [5.41, 5.74) is 0.700. The Morgan fingerprint density at radius 2 is 1.84 bits per heavy atom. The van der Waals surface area contributed by atoms with Gasteiger partial charge in [-0.2, -0.15) is 0 Å². The minimum Gasteiger partial charge on any atom is -0.353 e. The summed E-state index contributed by atoms with van der Waals surface area (Å²) in [6.45, 7) is 2.75. The van der Waals surface area contributed by atoms with Gasteiger partial charge in [0.15, 0.2) is 5.13 Å². The third-order valence-electron chi connectivity index (χ3n) is 5.87. The van der Waals surface area contributed by atoms with Gasteiger partial charge in [0.25, 0.3) is 0 Å². The minimum absolute atomic E-state index is 0.0146. The zero-order chi connectivity index (χ0) is 21.5. The lowest BCUT2D eigenvalue weighted by molar-refractivity contribution is -0.121. The van der Waals surface area contributed by atoms with Crippen molar-refractivity contribution in [2.75, 3.05) is 36.4 Å². The van der Waals surface area contributed by atoms with Gasteiger partial charge in [-0.1, -0.05) is 31.7 Å². The molecule has 8 nitrogen and oxygen atoms in total. The number of thiazole rings is 1. The highest BCUT2D eigenvalue weighted by atomic mass is 32.1. The molecule has 2 fully saturated rings. The molecule has 0 aromatic carbocycles. The van der Waals surface area contributed by atoms with Crippen molar-refractivity contribution in [3.63, 3.8) is 0 Å². The highest BCUT2D eigenvalue weighted by Gasteiger charge is 2.23. The van der Waals surface area contributed by atoms with E-state index in [1.807, 2.05) is 23.6 Å². The van der Waals surface area contributed by atoms with Crippen LogP contribution >= 0.6 is 11.3 Å². The number of hydrogen-bond acceptors (Lipinski definition) is 6. The molecular formula is C22H30N6O2S. The molecule has 1 aliphatic heterocycles. The van der Waals surface area contributed by atoms with E-state index in [1.165, 1.54) is 37.0 Å². The minimum atomic E-state index is -0.149. The predicted octanol–water partition coefficient (Wildman–Crippen LogP) is 3.27. The number of nitrogens with zero attached hydrogens (tertiary/aromatic N) is 4. The van der Waals surface area contributed by atoms with E-state index in [0.717, 1.165) is 31.7 Å². The number of anilines is 2. The average molecular weight is 443 g/mol. The molecule has 0 radical (unpaired) electrons. The van der Waals surface area contributed by atoms with E-state index in [4.69, 9.17) is 0 Å².